The second kappa shape index (κ2) is 5.66. The van der Waals surface area contributed by atoms with E-state index >= 15 is 0 Å². The van der Waals surface area contributed by atoms with Crippen LogP contribution in [0.15, 0.2) is 18.2 Å². The summed E-state index contributed by atoms with van der Waals surface area (Å²) in [6.45, 7) is 3.90. The number of carbonyl (C=O) groups is 1. The van der Waals surface area contributed by atoms with Gasteiger partial charge in [-0.05, 0) is 32.0 Å². The Labute approximate surface area is 114 Å². The summed E-state index contributed by atoms with van der Waals surface area (Å²) in [4.78, 5) is 15.8. The zero-order chi connectivity index (χ0) is 13.8. The van der Waals surface area contributed by atoms with E-state index in [-0.39, 0.29) is 5.97 Å². The van der Waals surface area contributed by atoms with Crippen LogP contribution in [0, 0.1) is 6.92 Å². The lowest BCUT2D eigenvalue weighted by molar-refractivity contribution is 0.0526. The maximum Gasteiger partial charge on any atom is 0.338 e. The molecule has 100 valence electrons. The molecule has 0 saturated heterocycles. The lowest BCUT2D eigenvalue weighted by atomic mass is 10.2. The number of aryl methyl sites for hydroxylation is 1. The normalized spacial score (nSPS) is 10.2. The summed E-state index contributed by atoms with van der Waals surface area (Å²) < 4.78 is 9.01. The lowest BCUT2D eigenvalue weighted by Crippen LogP contribution is -2.06. The summed E-state index contributed by atoms with van der Waals surface area (Å²) in [7, 11) is 0. The summed E-state index contributed by atoms with van der Waals surface area (Å²) in [6, 6.07) is 4.93. The molecule has 0 bridgehead atoms. The van der Waals surface area contributed by atoms with Crippen molar-refractivity contribution in [2.24, 2.45) is 0 Å². The molecule has 0 atom stereocenters. The van der Waals surface area contributed by atoms with Crippen molar-refractivity contribution >= 4 is 34.0 Å². The van der Waals surface area contributed by atoms with E-state index < -0.39 is 0 Å². The van der Waals surface area contributed by atoms with Gasteiger partial charge in [0.15, 0.2) is 0 Å². The number of nitrogens with one attached hydrogen (secondary N) is 1. The quantitative estimate of drug-likeness (QED) is 0.659. The van der Waals surface area contributed by atoms with Gasteiger partial charge in [0.05, 0.1) is 23.5 Å². The largest absolute Gasteiger partial charge is 0.462 e. The molecule has 0 aliphatic heterocycles. The van der Waals surface area contributed by atoms with Crippen LogP contribution in [0.25, 0.3) is 0 Å². The van der Waals surface area contributed by atoms with Gasteiger partial charge >= 0.3 is 5.97 Å². The van der Waals surface area contributed by atoms with Crippen LogP contribution in [0.2, 0.25) is 0 Å². The van der Waals surface area contributed by atoms with Crippen molar-refractivity contribution in [1.82, 2.24) is 9.36 Å². The third-order valence-corrected chi connectivity index (χ3v) is 3.06. The van der Waals surface area contributed by atoms with Gasteiger partial charge in [-0.25, -0.2) is 9.78 Å². The molecule has 2 rings (SSSR count). The number of nitrogens with two attached hydrogens (primary N) is 1. The molecule has 2 aromatic rings. The minimum atomic E-state index is -0.376. The zero-order valence-corrected chi connectivity index (χ0v) is 11.5. The minimum absolute atomic E-state index is 0.335. The van der Waals surface area contributed by atoms with E-state index in [1.807, 2.05) is 0 Å². The van der Waals surface area contributed by atoms with Crippen molar-refractivity contribution in [3.05, 3.63) is 29.6 Å². The lowest BCUT2D eigenvalue weighted by Gasteiger charge is -2.08. The Balaban J connectivity index is 2.24. The molecule has 1 aromatic carbocycles. The summed E-state index contributed by atoms with van der Waals surface area (Å²) in [5, 5.41) is 3.67. The highest BCUT2D eigenvalue weighted by Crippen LogP contribution is 2.25. The standard InChI is InChI=1S/C12H14N4O2S/c1-3-18-11(17)8-4-5-9(13)10(6-8)15-12-14-7(2)16-19-12/h4-6H,3,13H2,1-2H3,(H,14,15,16). The Kier molecular flexibility index (Phi) is 3.96. The molecule has 3 N–H and O–H groups in total. The highest BCUT2D eigenvalue weighted by atomic mass is 32.1. The first kappa shape index (κ1) is 13.3. The molecule has 0 radical (unpaired) electrons. The van der Waals surface area contributed by atoms with Crippen molar-refractivity contribution in [3.63, 3.8) is 0 Å². The van der Waals surface area contributed by atoms with Crippen LogP contribution in [0.5, 0.6) is 0 Å². The van der Waals surface area contributed by atoms with Crippen molar-refractivity contribution in [2.45, 2.75) is 13.8 Å². The average molecular weight is 278 g/mol. The predicted octanol–water partition coefficient (Wildman–Crippen LogP) is 2.35. The summed E-state index contributed by atoms with van der Waals surface area (Å²) >= 11 is 1.23. The fourth-order valence-corrected chi connectivity index (χ4v) is 2.06. The average Bonchev–Trinajstić information content (AvgIpc) is 2.78. The van der Waals surface area contributed by atoms with Crippen LogP contribution >= 0.6 is 11.5 Å². The smallest absolute Gasteiger partial charge is 0.338 e. The monoisotopic (exact) mass is 278 g/mol. The Morgan fingerprint density at radius 3 is 2.95 bits per heavy atom. The summed E-state index contributed by atoms with van der Waals surface area (Å²) in [6.07, 6.45) is 0. The van der Waals surface area contributed by atoms with Gasteiger partial charge in [-0.2, -0.15) is 4.37 Å². The van der Waals surface area contributed by atoms with Crippen molar-refractivity contribution < 1.29 is 9.53 Å². The Bertz CT molecular complexity index is 597. The number of anilines is 3. The maximum absolute atomic E-state index is 11.6. The van der Waals surface area contributed by atoms with E-state index in [0.717, 1.165) is 0 Å². The molecule has 0 aliphatic carbocycles. The third-order valence-electron chi connectivity index (χ3n) is 2.33. The topological polar surface area (TPSA) is 90.1 Å². The molecule has 0 amide bonds. The summed E-state index contributed by atoms with van der Waals surface area (Å²) in [5.41, 5.74) is 7.45. The number of esters is 1. The predicted molar refractivity (Wildman–Crippen MR) is 74.7 cm³/mol. The summed E-state index contributed by atoms with van der Waals surface area (Å²) in [5.74, 6) is 0.312. The first-order valence-electron chi connectivity index (χ1n) is 5.74. The van der Waals surface area contributed by atoms with Gasteiger partial charge in [0, 0.05) is 11.5 Å². The second-order valence-electron chi connectivity index (χ2n) is 3.79. The number of hydrogen-bond acceptors (Lipinski definition) is 7. The molecule has 0 unspecified atom stereocenters. The van der Waals surface area contributed by atoms with E-state index in [0.29, 0.717) is 34.5 Å². The molecule has 0 spiro atoms. The van der Waals surface area contributed by atoms with Gasteiger partial charge < -0.3 is 15.8 Å². The van der Waals surface area contributed by atoms with Crippen LogP contribution in [-0.2, 0) is 4.74 Å². The number of carbonyl (C=O) groups excluding carboxylic acids is 1. The molecule has 7 heteroatoms. The van der Waals surface area contributed by atoms with E-state index in [4.69, 9.17) is 10.5 Å². The maximum atomic E-state index is 11.6. The Hall–Kier alpha value is -2.15. The van der Waals surface area contributed by atoms with E-state index in [1.54, 1.807) is 32.0 Å². The Morgan fingerprint density at radius 1 is 1.53 bits per heavy atom. The van der Waals surface area contributed by atoms with Gasteiger partial charge in [0.1, 0.15) is 5.82 Å². The van der Waals surface area contributed by atoms with Crippen molar-refractivity contribution in [3.8, 4) is 0 Å². The number of aromatic nitrogens is 2. The van der Waals surface area contributed by atoms with Gasteiger partial charge in [-0.1, -0.05) is 0 Å². The number of benzene rings is 1. The zero-order valence-electron chi connectivity index (χ0n) is 10.6. The third kappa shape index (κ3) is 3.19. The molecule has 0 saturated carbocycles. The molecule has 6 nitrogen and oxygen atoms in total. The fraction of sp³-hybridized carbons (Fsp3) is 0.250. The van der Waals surface area contributed by atoms with Crippen molar-refractivity contribution in [1.29, 1.82) is 0 Å². The van der Waals surface area contributed by atoms with Crippen LogP contribution in [0.3, 0.4) is 0 Å². The van der Waals surface area contributed by atoms with E-state index in [1.165, 1.54) is 11.5 Å². The van der Waals surface area contributed by atoms with Gasteiger partial charge in [-0.15, -0.1) is 0 Å². The van der Waals surface area contributed by atoms with Crippen LogP contribution in [-0.4, -0.2) is 21.9 Å². The highest BCUT2D eigenvalue weighted by Gasteiger charge is 2.10. The highest BCUT2D eigenvalue weighted by molar-refractivity contribution is 7.09. The van der Waals surface area contributed by atoms with Crippen LogP contribution in [0.1, 0.15) is 23.1 Å². The fourth-order valence-electron chi connectivity index (χ4n) is 1.47. The Morgan fingerprint density at radius 2 is 2.32 bits per heavy atom. The minimum Gasteiger partial charge on any atom is -0.462 e. The number of hydrogen-bond donors (Lipinski definition) is 2. The molecular weight excluding hydrogens is 264 g/mol. The number of ether oxygens (including phenoxy) is 1. The van der Waals surface area contributed by atoms with Crippen LogP contribution < -0.4 is 11.1 Å². The number of rotatable bonds is 4. The van der Waals surface area contributed by atoms with Gasteiger partial charge in [0.25, 0.3) is 0 Å². The van der Waals surface area contributed by atoms with Crippen LogP contribution in [0.4, 0.5) is 16.5 Å². The second-order valence-corrected chi connectivity index (χ2v) is 4.55. The SMILES string of the molecule is CCOC(=O)c1ccc(N)c(Nc2nc(C)ns2)c1. The number of nitrogen functional groups attached to an aromatic ring is 1. The molecule has 0 aliphatic rings. The molecule has 0 fully saturated rings. The number of nitrogens with zero attached hydrogens (tertiary/aromatic N) is 2. The molecule has 1 aromatic heterocycles. The molecule has 1 heterocycles. The van der Waals surface area contributed by atoms with Gasteiger partial charge in [-0.3, -0.25) is 0 Å². The van der Waals surface area contributed by atoms with Gasteiger partial charge in [0.2, 0.25) is 5.13 Å². The van der Waals surface area contributed by atoms with E-state index in [2.05, 4.69) is 14.7 Å². The first-order chi connectivity index (χ1) is 9.10. The van der Waals surface area contributed by atoms with E-state index in [9.17, 15) is 4.79 Å². The van der Waals surface area contributed by atoms with Crippen molar-refractivity contribution in [2.75, 3.05) is 17.7 Å². The molecule has 19 heavy (non-hydrogen) atoms. The first-order valence-corrected chi connectivity index (χ1v) is 6.51. The molecular formula is C12H14N4O2S.